The molecule has 1 aromatic carbocycles. The SMILES string of the molecule is COc1cc(Cl)cc[c]1[Zn].Cl. The van der Waals surface area contributed by atoms with Gasteiger partial charge in [-0.25, -0.2) is 0 Å². The van der Waals surface area contributed by atoms with Crippen molar-refractivity contribution in [3.8, 4) is 5.75 Å². The topological polar surface area (TPSA) is 9.23 Å². The molecule has 1 nitrogen and oxygen atoms in total. The Morgan fingerprint density at radius 3 is 2.55 bits per heavy atom. The number of methoxy groups -OCH3 is 1. The minimum absolute atomic E-state index is 0. The van der Waals surface area contributed by atoms with Crippen molar-refractivity contribution in [2.24, 2.45) is 0 Å². The van der Waals surface area contributed by atoms with Crippen molar-refractivity contribution in [3.63, 3.8) is 0 Å². The van der Waals surface area contributed by atoms with E-state index in [0.717, 1.165) is 29.1 Å². The summed E-state index contributed by atoms with van der Waals surface area (Å²) in [6.45, 7) is 0. The summed E-state index contributed by atoms with van der Waals surface area (Å²) in [6.07, 6.45) is 0. The van der Waals surface area contributed by atoms with Gasteiger partial charge in [0.15, 0.2) is 0 Å². The van der Waals surface area contributed by atoms with Crippen molar-refractivity contribution in [1.82, 2.24) is 0 Å². The molecule has 0 unspecified atom stereocenters. The second-order valence-electron chi connectivity index (χ2n) is 1.96. The van der Waals surface area contributed by atoms with Crippen molar-refractivity contribution < 1.29 is 23.0 Å². The molecule has 0 N–H and O–H groups in total. The van der Waals surface area contributed by atoms with Crippen molar-refractivity contribution in [2.45, 2.75) is 0 Å². The third-order valence-corrected chi connectivity index (χ3v) is 2.71. The van der Waals surface area contributed by atoms with Gasteiger partial charge in [-0.1, -0.05) is 0 Å². The Balaban J connectivity index is 0.000001000. The fraction of sp³-hybridized carbons (Fsp3) is 0.143. The van der Waals surface area contributed by atoms with Gasteiger partial charge in [0.05, 0.1) is 0 Å². The molecule has 4 heteroatoms. The molecule has 0 aliphatic heterocycles. The van der Waals surface area contributed by atoms with Crippen LogP contribution in [0, 0.1) is 0 Å². The molecule has 1 aromatic rings. The van der Waals surface area contributed by atoms with E-state index >= 15 is 0 Å². The Labute approximate surface area is 87.2 Å². The van der Waals surface area contributed by atoms with Gasteiger partial charge >= 0.3 is 74.9 Å². The number of halogens is 2. The summed E-state index contributed by atoms with van der Waals surface area (Å²) in [5.41, 5.74) is 0. The van der Waals surface area contributed by atoms with Crippen LogP contribution in [0.25, 0.3) is 0 Å². The molecule has 0 amide bonds. The van der Waals surface area contributed by atoms with Gasteiger partial charge in [0.2, 0.25) is 0 Å². The summed E-state index contributed by atoms with van der Waals surface area (Å²) in [4.78, 5) is 0. The van der Waals surface area contributed by atoms with Gasteiger partial charge in [0, 0.05) is 0 Å². The predicted molar refractivity (Wildman–Crippen MR) is 44.9 cm³/mol. The maximum absolute atomic E-state index is 5.73. The summed E-state index contributed by atoms with van der Waals surface area (Å²) in [6, 6.07) is 5.70. The van der Waals surface area contributed by atoms with E-state index in [-0.39, 0.29) is 12.4 Å². The van der Waals surface area contributed by atoms with Gasteiger partial charge in [-0.2, -0.15) is 0 Å². The zero-order valence-electron chi connectivity index (χ0n) is 6.13. The average Bonchev–Trinajstić information content (AvgIpc) is 1.94. The number of hydrogen-bond acceptors (Lipinski definition) is 1. The van der Waals surface area contributed by atoms with Crippen molar-refractivity contribution >= 4 is 28.2 Å². The molecular weight excluding hydrogens is 236 g/mol. The molecular formula is C7H7Cl2OZn. The van der Waals surface area contributed by atoms with Crippen LogP contribution in [-0.4, -0.2) is 7.11 Å². The standard InChI is InChI=1S/C7H6ClO.ClH.Zn/c1-9-7-4-2-3-6(8)5-7;;/h2-3,5H,1H3;1H;. The van der Waals surface area contributed by atoms with Gasteiger partial charge in [-0.3, -0.25) is 0 Å². The normalized spacial score (nSPS) is 8.73. The van der Waals surface area contributed by atoms with Crippen molar-refractivity contribution in [1.29, 1.82) is 0 Å². The van der Waals surface area contributed by atoms with E-state index < -0.39 is 0 Å². The molecule has 0 fully saturated rings. The fourth-order valence-electron chi connectivity index (χ4n) is 0.718. The second-order valence-corrected chi connectivity index (χ2v) is 3.99. The second kappa shape index (κ2) is 4.97. The molecule has 0 heterocycles. The van der Waals surface area contributed by atoms with Crippen molar-refractivity contribution in [2.75, 3.05) is 7.11 Å². The Morgan fingerprint density at radius 2 is 2.09 bits per heavy atom. The van der Waals surface area contributed by atoms with Crippen molar-refractivity contribution in [3.05, 3.63) is 23.2 Å². The molecule has 0 aromatic heterocycles. The predicted octanol–water partition coefficient (Wildman–Crippen LogP) is 1.94. The molecule has 0 radical (unpaired) electrons. The average molecular weight is 243 g/mol. The summed E-state index contributed by atoms with van der Waals surface area (Å²) in [7, 11) is 1.66. The first-order chi connectivity index (χ1) is 4.74. The first-order valence-corrected chi connectivity index (χ1v) is 4.75. The van der Waals surface area contributed by atoms with Crippen LogP contribution in [0.5, 0.6) is 5.75 Å². The molecule has 0 spiro atoms. The van der Waals surface area contributed by atoms with Crippen LogP contribution in [0.1, 0.15) is 0 Å². The van der Waals surface area contributed by atoms with Crippen LogP contribution in [-0.2, 0) is 18.3 Å². The van der Waals surface area contributed by atoms with Gasteiger partial charge in [0.25, 0.3) is 0 Å². The Bertz CT molecular complexity index is 240. The Morgan fingerprint density at radius 1 is 1.45 bits per heavy atom. The van der Waals surface area contributed by atoms with Crippen LogP contribution in [0.3, 0.4) is 0 Å². The molecule has 1 rings (SSSR count). The van der Waals surface area contributed by atoms with E-state index in [1.54, 1.807) is 7.11 Å². The summed E-state index contributed by atoms with van der Waals surface area (Å²) in [5.74, 6) is 0.896. The largest absolute Gasteiger partial charge is 0.147 e. The maximum Gasteiger partial charge on any atom is -0.147 e. The summed E-state index contributed by atoms with van der Waals surface area (Å²) < 4.78 is 6.30. The van der Waals surface area contributed by atoms with Crippen LogP contribution < -0.4 is 8.89 Å². The monoisotopic (exact) mass is 241 g/mol. The van der Waals surface area contributed by atoms with Gasteiger partial charge < -0.3 is 0 Å². The van der Waals surface area contributed by atoms with Crippen LogP contribution in [0.2, 0.25) is 5.02 Å². The maximum atomic E-state index is 5.73. The van der Waals surface area contributed by atoms with Crippen LogP contribution in [0.15, 0.2) is 18.2 Å². The summed E-state index contributed by atoms with van der Waals surface area (Å²) in [5, 5.41) is 0.731. The van der Waals surface area contributed by atoms with Gasteiger partial charge in [-0.05, 0) is 0 Å². The Hall–Kier alpha value is 0.223. The van der Waals surface area contributed by atoms with E-state index in [1.807, 2.05) is 18.2 Å². The number of hydrogen-bond donors (Lipinski definition) is 0. The third-order valence-electron chi connectivity index (χ3n) is 1.25. The van der Waals surface area contributed by atoms with Crippen LogP contribution in [0.4, 0.5) is 0 Å². The molecule has 0 atom stereocenters. The molecule has 11 heavy (non-hydrogen) atoms. The van der Waals surface area contributed by atoms with Gasteiger partial charge in [0.1, 0.15) is 0 Å². The smallest absolute Gasteiger partial charge is 0.147 e. The Kier molecular flexibility index (Phi) is 5.07. The fourth-order valence-corrected chi connectivity index (χ4v) is 1.64. The van der Waals surface area contributed by atoms with Crippen LogP contribution >= 0.6 is 24.0 Å². The molecule has 0 aliphatic rings. The first-order valence-electron chi connectivity index (χ1n) is 2.89. The zero-order chi connectivity index (χ0) is 7.56. The number of rotatable bonds is 1. The minimum Gasteiger partial charge on any atom is -0.147 e. The summed E-state index contributed by atoms with van der Waals surface area (Å²) >= 11 is 6.83. The first kappa shape index (κ1) is 11.2. The van der Waals surface area contributed by atoms with E-state index in [4.69, 9.17) is 16.3 Å². The number of ether oxygens (including phenoxy) is 1. The van der Waals surface area contributed by atoms with E-state index in [1.165, 1.54) is 4.16 Å². The molecule has 57 valence electrons. The number of benzene rings is 1. The van der Waals surface area contributed by atoms with E-state index in [9.17, 15) is 0 Å². The molecule has 0 saturated heterocycles. The minimum atomic E-state index is 0. The molecule has 0 aliphatic carbocycles. The molecule has 0 saturated carbocycles. The third kappa shape index (κ3) is 2.98. The quantitative estimate of drug-likeness (QED) is 0.685. The van der Waals surface area contributed by atoms with E-state index in [0.29, 0.717) is 0 Å². The van der Waals surface area contributed by atoms with E-state index in [2.05, 4.69) is 0 Å². The zero-order valence-corrected chi connectivity index (χ0v) is 10.7. The molecule has 0 bridgehead atoms. The van der Waals surface area contributed by atoms with Gasteiger partial charge in [-0.15, -0.1) is 12.4 Å².